The van der Waals surface area contributed by atoms with E-state index in [4.69, 9.17) is 0 Å². The number of hydrogen-bond acceptors (Lipinski definition) is 3. The molecule has 0 aromatic rings. The van der Waals surface area contributed by atoms with Crippen molar-refractivity contribution in [3.63, 3.8) is 0 Å². The van der Waals surface area contributed by atoms with Gasteiger partial charge in [-0.2, -0.15) is 0 Å². The minimum Gasteiger partial charge on any atom is -0.291 e. The minimum absolute atomic E-state index is 0.190. The lowest BCUT2D eigenvalue weighted by Crippen LogP contribution is -2.32. The van der Waals surface area contributed by atoms with Gasteiger partial charge in [0, 0.05) is 6.04 Å². The molecule has 0 rings (SSSR count). The second kappa shape index (κ2) is 5.35. The fraction of sp³-hybridized carbons (Fsp3) is 1.00. The highest BCUT2D eigenvalue weighted by molar-refractivity contribution is 4.64. The lowest BCUT2D eigenvalue weighted by molar-refractivity contribution is 0.445. The molecule has 1 N–H and O–H groups in total. The van der Waals surface area contributed by atoms with E-state index < -0.39 is 0 Å². The number of hydrogen-bond donors (Lipinski definition) is 1. The smallest absolute Gasteiger partial charge is 0.142 e. The predicted molar refractivity (Wildman–Crippen MR) is 42.8 cm³/mol. The van der Waals surface area contributed by atoms with Crippen molar-refractivity contribution in [1.29, 1.82) is 0 Å². The van der Waals surface area contributed by atoms with E-state index in [1.807, 2.05) is 20.8 Å². The van der Waals surface area contributed by atoms with Crippen LogP contribution in [-0.2, 0) is 0 Å². The molecule has 0 aromatic heterocycles. The van der Waals surface area contributed by atoms with Crippen LogP contribution in [0.5, 0.6) is 0 Å². The molecule has 10 heavy (non-hydrogen) atoms. The first-order valence-corrected chi connectivity index (χ1v) is 3.79. The zero-order chi connectivity index (χ0) is 7.98. The van der Waals surface area contributed by atoms with Crippen molar-refractivity contribution in [3.05, 3.63) is 4.91 Å². The first-order chi connectivity index (χ1) is 4.70. The summed E-state index contributed by atoms with van der Waals surface area (Å²) in [6.45, 7) is 6.06. The van der Waals surface area contributed by atoms with Crippen LogP contribution in [0.25, 0.3) is 0 Å². The van der Waals surface area contributed by atoms with E-state index in [-0.39, 0.29) is 6.17 Å². The van der Waals surface area contributed by atoms with Crippen LogP contribution in [0.3, 0.4) is 0 Å². The molecule has 0 amide bonds. The van der Waals surface area contributed by atoms with E-state index in [0.29, 0.717) is 6.04 Å². The van der Waals surface area contributed by atoms with Crippen LogP contribution >= 0.6 is 0 Å². The van der Waals surface area contributed by atoms with E-state index in [2.05, 4.69) is 10.5 Å². The minimum atomic E-state index is -0.190. The second-order valence-electron chi connectivity index (χ2n) is 2.73. The highest BCUT2D eigenvalue weighted by Gasteiger charge is 2.06. The van der Waals surface area contributed by atoms with Crippen molar-refractivity contribution in [2.75, 3.05) is 0 Å². The quantitative estimate of drug-likeness (QED) is 0.598. The van der Waals surface area contributed by atoms with Gasteiger partial charge in [0.2, 0.25) is 0 Å². The predicted octanol–water partition coefficient (Wildman–Crippen LogP) is 1.88. The largest absolute Gasteiger partial charge is 0.291 e. The van der Waals surface area contributed by atoms with Gasteiger partial charge in [-0.3, -0.25) is 5.32 Å². The van der Waals surface area contributed by atoms with Crippen LogP contribution in [0, 0.1) is 4.91 Å². The van der Waals surface area contributed by atoms with Crippen LogP contribution in [0.2, 0.25) is 0 Å². The Morgan fingerprint density at radius 2 is 2.10 bits per heavy atom. The summed E-state index contributed by atoms with van der Waals surface area (Å²) in [6.07, 6.45) is 1.64. The van der Waals surface area contributed by atoms with Gasteiger partial charge in [0.05, 0.1) is 0 Å². The van der Waals surface area contributed by atoms with Crippen molar-refractivity contribution in [2.45, 2.75) is 45.8 Å². The third-order valence-electron chi connectivity index (χ3n) is 1.22. The molecule has 0 saturated heterocycles. The van der Waals surface area contributed by atoms with Crippen molar-refractivity contribution >= 4 is 0 Å². The van der Waals surface area contributed by atoms with Crippen LogP contribution < -0.4 is 5.32 Å². The fourth-order valence-electron chi connectivity index (χ4n) is 0.825. The Hall–Kier alpha value is -0.440. The molecule has 1 atom stereocenters. The first kappa shape index (κ1) is 9.56. The molecule has 1 unspecified atom stereocenters. The molecule has 3 heteroatoms. The van der Waals surface area contributed by atoms with Gasteiger partial charge in [-0.25, -0.2) is 0 Å². The molecular formula is C7H16N2O. The van der Waals surface area contributed by atoms with Crippen LogP contribution in [-0.4, -0.2) is 12.2 Å². The molecular weight excluding hydrogens is 128 g/mol. The van der Waals surface area contributed by atoms with Crippen molar-refractivity contribution in [1.82, 2.24) is 5.32 Å². The van der Waals surface area contributed by atoms with Gasteiger partial charge in [-0.15, -0.1) is 4.91 Å². The molecule has 0 fully saturated rings. The van der Waals surface area contributed by atoms with Crippen molar-refractivity contribution < 1.29 is 0 Å². The van der Waals surface area contributed by atoms with Gasteiger partial charge in [-0.05, 0) is 20.3 Å². The standard InChI is InChI=1S/C7H16N2O/c1-4-5-7(9-10)8-6(2)3/h6-8H,4-5H2,1-3H3. The summed E-state index contributed by atoms with van der Waals surface area (Å²) >= 11 is 0. The highest BCUT2D eigenvalue weighted by atomic mass is 16.3. The highest BCUT2D eigenvalue weighted by Crippen LogP contribution is 1.98. The van der Waals surface area contributed by atoms with Gasteiger partial charge >= 0.3 is 0 Å². The summed E-state index contributed by atoms with van der Waals surface area (Å²) in [5.74, 6) is 0. The van der Waals surface area contributed by atoms with E-state index in [1.165, 1.54) is 0 Å². The Bertz CT molecular complexity index is 93.6. The molecule has 3 nitrogen and oxygen atoms in total. The van der Waals surface area contributed by atoms with Gasteiger partial charge in [0.25, 0.3) is 0 Å². The molecule has 0 bridgehead atoms. The topological polar surface area (TPSA) is 41.5 Å². The molecule has 0 spiro atoms. The monoisotopic (exact) mass is 144 g/mol. The van der Waals surface area contributed by atoms with E-state index in [1.54, 1.807) is 0 Å². The molecule has 0 aliphatic carbocycles. The molecule has 0 aliphatic rings. The Morgan fingerprint density at radius 3 is 2.40 bits per heavy atom. The van der Waals surface area contributed by atoms with E-state index >= 15 is 0 Å². The maximum atomic E-state index is 10.1. The summed E-state index contributed by atoms with van der Waals surface area (Å²) in [7, 11) is 0. The SMILES string of the molecule is CCCC(N=O)NC(C)C. The van der Waals surface area contributed by atoms with Crippen molar-refractivity contribution in [2.24, 2.45) is 5.18 Å². The summed E-state index contributed by atoms with van der Waals surface area (Å²) < 4.78 is 0. The van der Waals surface area contributed by atoms with E-state index in [9.17, 15) is 4.91 Å². The number of nitrogens with zero attached hydrogens (tertiary/aromatic N) is 1. The first-order valence-electron chi connectivity index (χ1n) is 3.79. The Kier molecular flexibility index (Phi) is 5.12. The molecule has 60 valence electrons. The second-order valence-corrected chi connectivity index (χ2v) is 2.73. The molecule has 0 heterocycles. The average Bonchev–Trinajstić information content (AvgIpc) is 1.86. The molecule has 0 radical (unpaired) electrons. The molecule has 0 saturated carbocycles. The number of nitroso groups, excluding NO2 is 1. The van der Waals surface area contributed by atoms with Gasteiger partial charge in [0.1, 0.15) is 6.17 Å². The molecule has 0 aromatic carbocycles. The summed E-state index contributed by atoms with van der Waals surface area (Å²) in [5, 5.41) is 6.01. The third-order valence-corrected chi connectivity index (χ3v) is 1.22. The van der Waals surface area contributed by atoms with E-state index in [0.717, 1.165) is 12.8 Å². The summed E-state index contributed by atoms with van der Waals surface area (Å²) in [6, 6.07) is 0.342. The number of rotatable bonds is 5. The maximum absolute atomic E-state index is 10.1. The fourth-order valence-corrected chi connectivity index (χ4v) is 0.825. The van der Waals surface area contributed by atoms with Crippen LogP contribution in [0.15, 0.2) is 5.18 Å². The summed E-state index contributed by atoms with van der Waals surface area (Å²) in [5.41, 5.74) is 0. The van der Waals surface area contributed by atoms with Crippen LogP contribution in [0.4, 0.5) is 0 Å². The average molecular weight is 144 g/mol. The normalized spacial score (nSPS) is 13.6. The maximum Gasteiger partial charge on any atom is 0.142 e. The van der Waals surface area contributed by atoms with Gasteiger partial charge in [-0.1, -0.05) is 18.5 Å². The van der Waals surface area contributed by atoms with Gasteiger partial charge in [0.15, 0.2) is 0 Å². The zero-order valence-electron chi connectivity index (χ0n) is 6.92. The lowest BCUT2D eigenvalue weighted by Gasteiger charge is -2.12. The zero-order valence-corrected chi connectivity index (χ0v) is 6.92. The Labute approximate surface area is 62.2 Å². The summed E-state index contributed by atoms with van der Waals surface area (Å²) in [4.78, 5) is 10.1. The third kappa shape index (κ3) is 4.44. The lowest BCUT2D eigenvalue weighted by atomic mass is 10.2. The molecule has 0 aliphatic heterocycles. The van der Waals surface area contributed by atoms with Crippen LogP contribution in [0.1, 0.15) is 33.6 Å². The Balaban J connectivity index is 3.49. The van der Waals surface area contributed by atoms with Gasteiger partial charge < -0.3 is 0 Å². The van der Waals surface area contributed by atoms with Crippen molar-refractivity contribution in [3.8, 4) is 0 Å². The Morgan fingerprint density at radius 1 is 1.50 bits per heavy atom. The number of nitrogens with one attached hydrogen (secondary N) is 1.